The molecule has 23 heavy (non-hydrogen) atoms. The highest BCUT2D eigenvalue weighted by molar-refractivity contribution is 5.95. The van der Waals surface area contributed by atoms with E-state index in [4.69, 9.17) is 5.73 Å². The second-order valence-corrected chi connectivity index (χ2v) is 5.60. The Hall–Kier alpha value is -1.98. The average Bonchev–Trinajstić information content (AvgIpc) is 2.53. The van der Waals surface area contributed by atoms with Gasteiger partial charge in [-0.15, -0.1) is 12.4 Å². The lowest BCUT2D eigenvalue weighted by Crippen LogP contribution is -2.32. The molecule has 0 bridgehead atoms. The second-order valence-electron chi connectivity index (χ2n) is 5.60. The molecule has 0 aliphatic carbocycles. The van der Waals surface area contributed by atoms with Crippen molar-refractivity contribution >= 4 is 18.3 Å². The summed E-state index contributed by atoms with van der Waals surface area (Å²) in [4.78, 5) is 20.9. The topological polar surface area (TPSA) is 80.9 Å². The maximum absolute atomic E-state index is 12.4. The molecular formula is C17H23ClN4O. The van der Waals surface area contributed by atoms with Crippen molar-refractivity contribution in [2.75, 3.05) is 6.54 Å². The Bertz CT molecular complexity index is 646. The van der Waals surface area contributed by atoms with Gasteiger partial charge in [0.15, 0.2) is 0 Å². The van der Waals surface area contributed by atoms with Crippen molar-refractivity contribution in [1.29, 1.82) is 0 Å². The van der Waals surface area contributed by atoms with Gasteiger partial charge in [-0.3, -0.25) is 4.79 Å². The minimum Gasteiger partial charge on any atom is -0.350 e. The SMILES string of the molecule is Cc1ncc(C(=O)NCC(N)c2ccccc2)c(C(C)C)n1.Cl. The molecule has 0 aliphatic heterocycles. The zero-order valence-corrected chi connectivity index (χ0v) is 14.4. The maximum Gasteiger partial charge on any atom is 0.254 e. The summed E-state index contributed by atoms with van der Waals surface area (Å²) < 4.78 is 0. The van der Waals surface area contributed by atoms with Gasteiger partial charge in [0.1, 0.15) is 5.82 Å². The van der Waals surface area contributed by atoms with Crippen molar-refractivity contribution in [2.24, 2.45) is 5.73 Å². The molecule has 1 amide bonds. The number of nitrogens with one attached hydrogen (secondary N) is 1. The van der Waals surface area contributed by atoms with E-state index in [0.29, 0.717) is 17.9 Å². The molecule has 0 fully saturated rings. The van der Waals surface area contributed by atoms with E-state index in [-0.39, 0.29) is 30.3 Å². The minimum atomic E-state index is -0.237. The van der Waals surface area contributed by atoms with Gasteiger partial charge in [0, 0.05) is 18.8 Å². The summed E-state index contributed by atoms with van der Waals surface area (Å²) >= 11 is 0. The molecule has 6 heteroatoms. The van der Waals surface area contributed by atoms with Crippen molar-refractivity contribution in [3.05, 3.63) is 59.2 Å². The number of amides is 1. The molecule has 0 spiro atoms. The van der Waals surface area contributed by atoms with Gasteiger partial charge in [0.2, 0.25) is 0 Å². The molecule has 2 rings (SSSR count). The largest absolute Gasteiger partial charge is 0.350 e. The van der Waals surface area contributed by atoms with Crippen LogP contribution in [0.4, 0.5) is 0 Å². The van der Waals surface area contributed by atoms with Crippen LogP contribution in [0, 0.1) is 6.92 Å². The molecule has 0 radical (unpaired) electrons. The van der Waals surface area contributed by atoms with E-state index in [1.54, 1.807) is 6.20 Å². The van der Waals surface area contributed by atoms with E-state index in [0.717, 1.165) is 11.3 Å². The first-order valence-corrected chi connectivity index (χ1v) is 7.41. The number of carbonyl (C=O) groups is 1. The van der Waals surface area contributed by atoms with Crippen LogP contribution in [-0.2, 0) is 0 Å². The first-order valence-electron chi connectivity index (χ1n) is 7.41. The third-order valence-corrected chi connectivity index (χ3v) is 3.44. The third-order valence-electron chi connectivity index (χ3n) is 3.44. The van der Waals surface area contributed by atoms with E-state index in [2.05, 4.69) is 15.3 Å². The molecule has 1 unspecified atom stereocenters. The number of hydrogen-bond donors (Lipinski definition) is 2. The van der Waals surface area contributed by atoms with Gasteiger partial charge in [0.05, 0.1) is 11.3 Å². The van der Waals surface area contributed by atoms with Crippen LogP contribution in [-0.4, -0.2) is 22.4 Å². The van der Waals surface area contributed by atoms with Crippen molar-refractivity contribution < 1.29 is 4.79 Å². The standard InChI is InChI=1S/C17H22N4O.ClH/c1-11(2)16-14(9-19-12(3)21-16)17(22)20-10-15(18)13-7-5-4-6-8-13;/h4-9,11,15H,10,18H2,1-3H3,(H,20,22);1H. The predicted molar refractivity (Wildman–Crippen MR) is 93.8 cm³/mol. The first kappa shape index (κ1) is 19.1. The van der Waals surface area contributed by atoms with Crippen LogP contribution < -0.4 is 11.1 Å². The molecule has 2 aromatic rings. The van der Waals surface area contributed by atoms with Crippen LogP contribution in [0.25, 0.3) is 0 Å². The molecule has 0 saturated heterocycles. The number of halogens is 1. The molecular weight excluding hydrogens is 312 g/mol. The zero-order valence-electron chi connectivity index (χ0n) is 13.6. The highest BCUT2D eigenvalue weighted by atomic mass is 35.5. The van der Waals surface area contributed by atoms with Gasteiger partial charge in [-0.05, 0) is 18.4 Å². The Balaban J connectivity index is 0.00000264. The quantitative estimate of drug-likeness (QED) is 0.881. The van der Waals surface area contributed by atoms with Crippen molar-refractivity contribution in [2.45, 2.75) is 32.7 Å². The summed E-state index contributed by atoms with van der Waals surface area (Å²) in [5.41, 5.74) is 8.37. The fraction of sp³-hybridized carbons (Fsp3) is 0.353. The number of aryl methyl sites for hydroxylation is 1. The van der Waals surface area contributed by atoms with Crippen LogP contribution in [0.2, 0.25) is 0 Å². The number of aromatic nitrogens is 2. The summed E-state index contributed by atoms with van der Waals surface area (Å²) in [6.45, 7) is 6.20. The summed E-state index contributed by atoms with van der Waals surface area (Å²) in [6, 6.07) is 9.46. The van der Waals surface area contributed by atoms with E-state index in [1.807, 2.05) is 51.1 Å². The molecule has 124 valence electrons. The number of hydrogen-bond acceptors (Lipinski definition) is 4. The number of rotatable bonds is 5. The lowest BCUT2D eigenvalue weighted by Gasteiger charge is -2.15. The van der Waals surface area contributed by atoms with Gasteiger partial charge in [-0.25, -0.2) is 9.97 Å². The van der Waals surface area contributed by atoms with Crippen molar-refractivity contribution in [3.63, 3.8) is 0 Å². The fourth-order valence-corrected chi connectivity index (χ4v) is 2.22. The van der Waals surface area contributed by atoms with E-state index in [9.17, 15) is 4.79 Å². The van der Waals surface area contributed by atoms with E-state index in [1.165, 1.54) is 0 Å². The summed E-state index contributed by atoms with van der Waals surface area (Å²) in [7, 11) is 0. The van der Waals surface area contributed by atoms with Gasteiger partial charge >= 0.3 is 0 Å². The summed E-state index contributed by atoms with van der Waals surface area (Å²) in [5.74, 6) is 0.640. The molecule has 3 N–H and O–H groups in total. The van der Waals surface area contributed by atoms with Gasteiger partial charge in [0.25, 0.3) is 5.91 Å². The Morgan fingerprint density at radius 3 is 2.52 bits per heavy atom. The zero-order chi connectivity index (χ0) is 16.1. The van der Waals surface area contributed by atoms with Crippen LogP contribution in [0.3, 0.4) is 0 Å². The van der Waals surface area contributed by atoms with Gasteiger partial charge in [-0.1, -0.05) is 44.2 Å². The Morgan fingerprint density at radius 1 is 1.26 bits per heavy atom. The predicted octanol–water partition coefficient (Wildman–Crippen LogP) is 2.76. The van der Waals surface area contributed by atoms with E-state index < -0.39 is 0 Å². The van der Waals surface area contributed by atoms with Gasteiger partial charge in [-0.2, -0.15) is 0 Å². The van der Waals surface area contributed by atoms with Crippen LogP contribution in [0.5, 0.6) is 0 Å². The molecule has 0 saturated carbocycles. The van der Waals surface area contributed by atoms with Crippen molar-refractivity contribution in [3.8, 4) is 0 Å². The maximum atomic E-state index is 12.4. The lowest BCUT2D eigenvalue weighted by atomic mass is 10.0. The molecule has 5 nitrogen and oxygen atoms in total. The molecule has 0 aliphatic rings. The van der Waals surface area contributed by atoms with Crippen LogP contribution in [0.15, 0.2) is 36.5 Å². The van der Waals surface area contributed by atoms with Crippen LogP contribution in [0.1, 0.15) is 53.2 Å². The monoisotopic (exact) mass is 334 g/mol. The Kier molecular flexibility index (Phi) is 7.13. The number of nitrogens with two attached hydrogens (primary N) is 1. The molecule has 1 heterocycles. The fourth-order valence-electron chi connectivity index (χ4n) is 2.22. The molecule has 1 aromatic carbocycles. The first-order chi connectivity index (χ1) is 10.5. The molecule has 1 aromatic heterocycles. The number of benzene rings is 1. The summed E-state index contributed by atoms with van der Waals surface area (Å²) in [6.07, 6.45) is 1.58. The smallest absolute Gasteiger partial charge is 0.254 e. The number of nitrogens with zero attached hydrogens (tertiary/aromatic N) is 2. The average molecular weight is 335 g/mol. The second kappa shape index (κ2) is 8.60. The number of carbonyl (C=O) groups excluding carboxylic acids is 1. The van der Waals surface area contributed by atoms with E-state index >= 15 is 0 Å². The Morgan fingerprint density at radius 2 is 1.91 bits per heavy atom. The Labute approximate surface area is 143 Å². The summed E-state index contributed by atoms with van der Waals surface area (Å²) in [5, 5.41) is 2.87. The minimum absolute atomic E-state index is 0. The third kappa shape index (κ3) is 5.01. The lowest BCUT2D eigenvalue weighted by molar-refractivity contribution is 0.0949. The molecule has 1 atom stereocenters. The highest BCUT2D eigenvalue weighted by Crippen LogP contribution is 2.16. The normalized spacial score (nSPS) is 11.7. The highest BCUT2D eigenvalue weighted by Gasteiger charge is 2.17. The van der Waals surface area contributed by atoms with Gasteiger partial charge < -0.3 is 11.1 Å². The van der Waals surface area contributed by atoms with Crippen LogP contribution >= 0.6 is 12.4 Å². The van der Waals surface area contributed by atoms with Crippen molar-refractivity contribution in [1.82, 2.24) is 15.3 Å².